The number of imide groups is 1. The molecule has 0 radical (unpaired) electrons. The number of nitrogens with one attached hydrogen (secondary N) is 1. The summed E-state index contributed by atoms with van der Waals surface area (Å²) in [4.78, 5) is 38.2. The van der Waals surface area contributed by atoms with Gasteiger partial charge in [-0.1, -0.05) is 25.5 Å². The van der Waals surface area contributed by atoms with Gasteiger partial charge in [0.2, 0.25) is 0 Å². The fourth-order valence-electron chi connectivity index (χ4n) is 2.71. The number of nitrogens with zero attached hydrogens (tertiary/aromatic N) is 1. The summed E-state index contributed by atoms with van der Waals surface area (Å²) in [6.45, 7) is 2.34. The molecule has 1 aliphatic rings. The number of unbranched alkanes of at least 4 members (excludes halogenated alkanes) is 1. The van der Waals surface area contributed by atoms with Crippen molar-refractivity contribution in [2.75, 3.05) is 11.9 Å². The van der Waals surface area contributed by atoms with Crippen LogP contribution in [0.1, 0.15) is 50.8 Å². The van der Waals surface area contributed by atoms with Crippen LogP contribution in [0.5, 0.6) is 0 Å². The molecule has 128 valence electrons. The lowest BCUT2D eigenvalue weighted by molar-refractivity contribution is 0.0652. The number of amides is 3. The summed E-state index contributed by atoms with van der Waals surface area (Å²) >= 11 is 0. The average Bonchev–Trinajstić information content (AvgIpc) is 2.85. The molecule has 0 aromatic heterocycles. The minimum atomic E-state index is -0.547. The maximum Gasteiger partial charge on any atom is 0.261 e. The maximum absolute atomic E-state index is 13.6. The number of carbonyl (C=O) groups is 3. The number of carbonyl (C=O) groups excluding carboxylic acids is 3. The Morgan fingerprint density at radius 2 is 1.80 bits per heavy atom. The lowest BCUT2D eigenvalue weighted by Gasteiger charge is -2.12. The molecule has 25 heavy (non-hydrogen) atoms. The number of fused-ring (bicyclic) bond motifs is 1. The molecule has 3 amide bonds. The highest BCUT2D eigenvalue weighted by Gasteiger charge is 2.35. The minimum Gasteiger partial charge on any atom is -0.319 e. The quantitative estimate of drug-likeness (QED) is 0.848. The van der Waals surface area contributed by atoms with E-state index >= 15 is 0 Å². The van der Waals surface area contributed by atoms with Crippen molar-refractivity contribution < 1.29 is 18.8 Å². The van der Waals surface area contributed by atoms with Gasteiger partial charge in [0.1, 0.15) is 5.82 Å². The topological polar surface area (TPSA) is 66.5 Å². The third kappa shape index (κ3) is 3.15. The minimum absolute atomic E-state index is 0.0555. The highest BCUT2D eigenvalue weighted by Crippen LogP contribution is 2.25. The van der Waals surface area contributed by atoms with Gasteiger partial charge in [0.05, 0.1) is 16.8 Å². The summed E-state index contributed by atoms with van der Waals surface area (Å²) < 4.78 is 13.6. The molecule has 1 aliphatic heterocycles. The normalized spacial score (nSPS) is 13.1. The van der Waals surface area contributed by atoms with Gasteiger partial charge in [0, 0.05) is 12.1 Å². The van der Waals surface area contributed by atoms with E-state index in [0.29, 0.717) is 12.1 Å². The van der Waals surface area contributed by atoms with Crippen molar-refractivity contribution in [3.05, 3.63) is 65.0 Å². The van der Waals surface area contributed by atoms with Gasteiger partial charge in [-0.15, -0.1) is 0 Å². The first-order valence-electron chi connectivity index (χ1n) is 8.09. The van der Waals surface area contributed by atoms with Gasteiger partial charge in [0.25, 0.3) is 17.7 Å². The van der Waals surface area contributed by atoms with E-state index in [1.165, 1.54) is 41.3 Å². The molecule has 1 N–H and O–H groups in total. The standard InChI is InChI=1S/C19H17FN2O3/c1-2-3-10-22-18(24)13-9-8-12(11-14(13)19(22)25)17(23)21-16-7-5-4-6-15(16)20/h4-9,11H,2-3,10H2,1H3,(H,21,23). The first kappa shape index (κ1) is 16.8. The molecule has 0 saturated heterocycles. The Morgan fingerprint density at radius 1 is 1.08 bits per heavy atom. The number of rotatable bonds is 5. The Hall–Kier alpha value is -3.02. The first-order chi connectivity index (χ1) is 12.0. The predicted octanol–water partition coefficient (Wildman–Crippen LogP) is 3.47. The van der Waals surface area contributed by atoms with Crippen LogP contribution in [0.2, 0.25) is 0 Å². The van der Waals surface area contributed by atoms with Crippen LogP contribution >= 0.6 is 0 Å². The molecular weight excluding hydrogens is 323 g/mol. The van der Waals surface area contributed by atoms with Gasteiger partial charge in [-0.3, -0.25) is 19.3 Å². The van der Waals surface area contributed by atoms with Crippen molar-refractivity contribution in [2.24, 2.45) is 0 Å². The van der Waals surface area contributed by atoms with E-state index in [4.69, 9.17) is 0 Å². The third-order valence-electron chi connectivity index (χ3n) is 4.09. The van der Waals surface area contributed by atoms with Crippen LogP contribution in [-0.2, 0) is 0 Å². The van der Waals surface area contributed by atoms with Crippen molar-refractivity contribution in [1.29, 1.82) is 0 Å². The number of hydrogen-bond acceptors (Lipinski definition) is 3. The monoisotopic (exact) mass is 340 g/mol. The SMILES string of the molecule is CCCCN1C(=O)c2ccc(C(=O)Nc3ccccc3F)cc2C1=O. The average molecular weight is 340 g/mol. The molecule has 5 nitrogen and oxygen atoms in total. The summed E-state index contributed by atoms with van der Waals surface area (Å²) in [5, 5.41) is 2.47. The summed E-state index contributed by atoms with van der Waals surface area (Å²) in [5.41, 5.74) is 0.756. The van der Waals surface area contributed by atoms with Gasteiger partial charge >= 0.3 is 0 Å². The van der Waals surface area contributed by atoms with E-state index in [1.807, 2.05) is 6.92 Å². The summed E-state index contributed by atoms with van der Waals surface area (Å²) in [6, 6.07) is 10.1. The molecule has 0 aliphatic carbocycles. The molecule has 6 heteroatoms. The van der Waals surface area contributed by atoms with Crippen LogP contribution in [0.25, 0.3) is 0 Å². The fourth-order valence-corrected chi connectivity index (χ4v) is 2.71. The molecule has 0 spiro atoms. The van der Waals surface area contributed by atoms with Gasteiger partial charge in [-0.05, 0) is 36.8 Å². The second-order valence-electron chi connectivity index (χ2n) is 5.81. The van der Waals surface area contributed by atoms with Crippen molar-refractivity contribution in [3.63, 3.8) is 0 Å². The molecule has 0 saturated carbocycles. The smallest absolute Gasteiger partial charge is 0.261 e. The Labute approximate surface area is 144 Å². The second-order valence-corrected chi connectivity index (χ2v) is 5.81. The van der Waals surface area contributed by atoms with E-state index in [-0.39, 0.29) is 22.7 Å². The maximum atomic E-state index is 13.6. The van der Waals surface area contributed by atoms with Gasteiger partial charge in [0.15, 0.2) is 0 Å². The Kier molecular flexibility index (Phi) is 4.61. The predicted molar refractivity (Wildman–Crippen MR) is 91.1 cm³/mol. The number of hydrogen-bond donors (Lipinski definition) is 1. The molecule has 0 unspecified atom stereocenters. The van der Waals surface area contributed by atoms with Gasteiger partial charge in [-0.2, -0.15) is 0 Å². The van der Waals surface area contributed by atoms with Crippen molar-refractivity contribution in [2.45, 2.75) is 19.8 Å². The summed E-state index contributed by atoms with van der Waals surface area (Å²) in [5.74, 6) is -1.82. The molecule has 0 atom stereocenters. The van der Waals surface area contributed by atoms with Crippen molar-refractivity contribution >= 4 is 23.4 Å². The molecule has 3 rings (SSSR count). The van der Waals surface area contributed by atoms with Crippen LogP contribution in [0, 0.1) is 5.82 Å². The van der Waals surface area contributed by atoms with Crippen LogP contribution in [0.15, 0.2) is 42.5 Å². The third-order valence-corrected chi connectivity index (χ3v) is 4.09. The van der Waals surface area contributed by atoms with Crippen molar-refractivity contribution in [1.82, 2.24) is 4.90 Å². The largest absolute Gasteiger partial charge is 0.319 e. The summed E-state index contributed by atoms with van der Waals surface area (Å²) in [7, 11) is 0. The lowest BCUT2D eigenvalue weighted by atomic mass is 10.1. The number of benzene rings is 2. The Bertz CT molecular complexity index is 863. The van der Waals surface area contributed by atoms with Gasteiger partial charge in [-0.25, -0.2) is 4.39 Å². The zero-order chi connectivity index (χ0) is 18.0. The molecule has 2 aromatic carbocycles. The van der Waals surface area contributed by atoms with Crippen LogP contribution in [-0.4, -0.2) is 29.2 Å². The Morgan fingerprint density at radius 3 is 2.52 bits per heavy atom. The van der Waals surface area contributed by atoms with Crippen LogP contribution in [0.4, 0.5) is 10.1 Å². The first-order valence-corrected chi connectivity index (χ1v) is 8.09. The second kappa shape index (κ2) is 6.84. The summed E-state index contributed by atoms with van der Waals surface area (Å²) in [6.07, 6.45) is 1.59. The highest BCUT2D eigenvalue weighted by atomic mass is 19.1. The zero-order valence-electron chi connectivity index (χ0n) is 13.7. The zero-order valence-corrected chi connectivity index (χ0v) is 13.7. The van der Waals surface area contributed by atoms with E-state index in [0.717, 1.165) is 12.8 Å². The van der Waals surface area contributed by atoms with Gasteiger partial charge < -0.3 is 5.32 Å². The Balaban J connectivity index is 1.84. The molecule has 1 heterocycles. The van der Waals surface area contributed by atoms with Crippen LogP contribution < -0.4 is 5.32 Å². The molecule has 0 fully saturated rings. The molecule has 0 bridgehead atoms. The van der Waals surface area contributed by atoms with E-state index in [9.17, 15) is 18.8 Å². The molecular formula is C19H17FN2O3. The number of halogens is 1. The van der Waals surface area contributed by atoms with E-state index in [1.54, 1.807) is 6.07 Å². The number of anilines is 1. The number of para-hydroxylation sites is 1. The fraction of sp³-hybridized carbons (Fsp3) is 0.211. The van der Waals surface area contributed by atoms with E-state index in [2.05, 4.69) is 5.32 Å². The van der Waals surface area contributed by atoms with E-state index < -0.39 is 17.6 Å². The van der Waals surface area contributed by atoms with Crippen molar-refractivity contribution in [3.8, 4) is 0 Å². The van der Waals surface area contributed by atoms with Crippen LogP contribution in [0.3, 0.4) is 0 Å². The lowest BCUT2D eigenvalue weighted by Crippen LogP contribution is -2.30. The highest BCUT2D eigenvalue weighted by molar-refractivity contribution is 6.22. The molecule has 2 aromatic rings.